The summed E-state index contributed by atoms with van der Waals surface area (Å²) in [6, 6.07) is 5.73. The van der Waals surface area contributed by atoms with Gasteiger partial charge < -0.3 is 25.8 Å². The van der Waals surface area contributed by atoms with Crippen LogP contribution in [-0.2, 0) is 10.3 Å². The van der Waals surface area contributed by atoms with Crippen LogP contribution in [0.25, 0.3) is 5.52 Å². The monoisotopic (exact) mass is 365 g/mol. The van der Waals surface area contributed by atoms with Crippen molar-refractivity contribution < 1.29 is 20.1 Å². The Balaban J connectivity index is 0.000000420. The molecule has 1 aliphatic heterocycles. The molecule has 5 N–H and O–H groups in total. The number of anilines is 1. The molecule has 3 heterocycles. The number of nitrogens with zero attached hydrogens (tertiary/aromatic N) is 4. The van der Waals surface area contributed by atoms with Gasteiger partial charge in [0.05, 0.1) is 18.4 Å². The minimum atomic E-state index is -1.50. The number of fused-ring (bicyclic) bond motifs is 1. The van der Waals surface area contributed by atoms with E-state index in [0.29, 0.717) is 29.9 Å². The van der Waals surface area contributed by atoms with Gasteiger partial charge in [-0.25, -0.2) is 9.50 Å². The first-order valence-corrected chi connectivity index (χ1v) is 8.43. The maximum absolute atomic E-state index is 9.49. The Labute approximate surface area is 152 Å². The number of nitrogens with two attached hydrogens (primary N) is 1. The van der Waals surface area contributed by atoms with Crippen LogP contribution in [0.5, 0.6) is 0 Å². The first kappa shape index (κ1) is 21.8. The predicted molar refractivity (Wildman–Crippen MR) is 95.7 cm³/mol. The zero-order chi connectivity index (χ0) is 20.0. The Morgan fingerprint density at radius 2 is 2.04 bits per heavy atom. The number of aromatic nitrogens is 3. The third-order valence-corrected chi connectivity index (χ3v) is 3.47. The topological polar surface area (TPSA) is 150 Å². The second-order valence-corrected chi connectivity index (χ2v) is 6.06. The largest absolute Gasteiger partial charge is 0.394 e. The van der Waals surface area contributed by atoms with E-state index >= 15 is 0 Å². The first-order chi connectivity index (χ1) is 12.2. The Morgan fingerprint density at radius 1 is 1.42 bits per heavy atom. The molecule has 2 atom stereocenters. The lowest BCUT2D eigenvalue weighted by molar-refractivity contribution is -0.127. The molecule has 9 nitrogen and oxygen atoms in total. The van der Waals surface area contributed by atoms with Gasteiger partial charge in [0.2, 0.25) is 0 Å². The molecular formula is C17H27N5O4. The summed E-state index contributed by atoms with van der Waals surface area (Å²) in [5.41, 5.74) is 5.95. The van der Waals surface area contributed by atoms with Crippen LogP contribution in [-0.4, -0.2) is 48.4 Å². The van der Waals surface area contributed by atoms with E-state index in [1.807, 2.05) is 13.8 Å². The SMILES string of the molecule is CC.CC(C)(O)O.N#CC1(c2ccc3c(N)ncnn23)CCC(CO)O1. The van der Waals surface area contributed by atoms with Gasteiger partial charge in [0.25, 0.3) is 0 Å². The van der Waals surface area contributed by atoms with Gasteiger partial charge in [-0.05, 0) is 38.8 Å². The van der Waals surface area contributed by atoms with Crippen molar-refractivity contribution in [1.29, 1.82) is 5.26 Å². The molecule has 0 aromatic carbocycles. The quantitative estimate of drug-likeness (QED) is 0.574. The van der Waals surface area contributed by atoms with Crippen molar-refractivity contribution in [3.63, 3.8) is 0 Å². The first-order valence-electron chi connectivity index (χ1n) is 8.43. The third-order valence-electron chi connectivity index (χ3n) is 3.47. The molecule has 144 valence electrons. The predicted octanol–water partition coefficient (Wildman–Crippen LogP) is 0.935. The number of nitriles is 1. The van der Waals surface area contributed by atoms with E-state index < -0.39 is 11.4 Å². The molecule has 1 saturated heterocycles. The maximum Gasteiger partial charge on any atom is 0.196 e. The number of hydrogen-bond acceptors (Lipinski definition) is 8. The molecule has 2 aromatic rings. The number of rotatable bonds is 2. The molecular weight excluding hydrogens is 338 g/mol. The lowest BCUT2D eigenvalue weighted by Crippen LogP contribution is -2.27. The fourth-order valence-corrected chi connectivity index (χ4v) is 2.48. The standard InChI is InChI=1S/C12H13N5O2.C3H8O2.C2H6/c13-6-12(4-3-8(5-18)19-12)10-2-1-9-11(14)15-7-16-17(9)10;1-3(2,4)5;1-2/h1-2,7-8,18H,3-5H2,(H2,14,15,16);4-5H,1-2H3;1-2H3. The van der Waals surface area contributed by atoms with Crippen molar-refractivity contribution >= 4 is 11.3 Å². The Morgan fingerprint density at radius 3 is 2.54 bits per heavy atom. The number of aliphatic hydroxyl groups is 3. The molecule has 0 spiro atoms. The minimum Gasteiger partial charge on any atom is -0.394 e. The van der Waals surface area contributed by atoms with Crippen LogP contribution >= 0.6 is 0 Å². The molecule has 0 radical (unpaired) electrons. The average molecular weight is 365 g/mol. The number of aliphatic hydroxyl groups excluding tert-OH is 1. The summed E-state index contributed by atoms with van der Waals surface area (Å²) in [6.45, 7) is 6.50. The van der Waals surface area contributed by atoms with E-state index in [2.05, 4.69) is 16.2 Å². The van der Waals surface area contributed by atoms with Gasteiger partial charge in [-0.3, -0.25) is 0 Å². The molecule has 0 bridgehead atoms. The average Bonchev–Trinajstić information content (AvgIpc) is 3.20. The van der Waals surface area contributed by atoms with E-state index in [1.54, 1.807) is 16.6 Å². The number of ether oxygens (including phenoxy) is 1. The van der Waals surface area contributed by atoms with E-state index in [9.17, 15) is 5.26 Å². The van der Waals surface area contributed by atoms with E-state index in [0.717, 1.165) is 0 Å². The van der Waals surface area contributed by atoms with Gasteiger partial charge in [0, 0.05) is 0 Å². The van der Waals surface area contributed by atoms with Crippen molar-refractivity contribution in [2.75, 3.05) is 12.3 Å². The maximum atomic E-state index is 9.49. The second kappa shape index (κ2) is 8.91. The smallest absolute Gasteiger partial charge is 0.196 e. The van der Waals surface area contributed by atoms with E-state index in [4.69, 9.17) is 25.8 Å². The van der Waals surface area contributed by atoms with Gasteiger partial charge >= 0.3 is 0 Å². The highest BCUT2D eigenvalue weighted by atomic mass is 16.5. The Hall–Kier alpha value is -2.25. The molecule has 3 rings (SSSR count). The molecule has 0 amide bonds. The summed E-state index contributed by atoms with van der Waals surface area (Å²) < 4.78 is 7.28. The molecule has 26 heavy (non-hydrogen) atoms. The summed E-state index contributed by atoms with van der Waals surface area (Å²) in [6.07, 6.45) is 2.18. The molecule has 0 aliphatic carbocycles. The van der Waals surface area contributed by atoms with Crippen molar-refractivity contribution in [2.45, 2.75) is 58.0 Å². The number of nitrogen functional groups attached to an aromatic ring is 1. The van der Waals surface area contributed by atoms with E-state index in [-0.39, 0.29) is 12.7 Å². The summed E-state index contributed by atoms with van der Waals surface area (Å²) in [7, 11) is 0. The summed E-state index contributed by atoms with van der Waals surface area (Å²) in [4.78, 5) is 3.91. The zero-order valence-corrected chi connectivity index (χ0v) is 15.5. The Kier molecular flexibility index (Phi) is 7.47. The second-order valence-electron chi connectivity index (χ2n) is 6.06. The van der Waals surface area contributed by atoms with Gasteiger partial charge in [0.15, 0.2) is 17.2 Å². The molecule has 9 heteroatoms. The van der Waals surface area contributed by atoms with Crippen molar-refractivity contribution in [1.82, 2.24) is 14.6 Å². The van der Waals surface area contributed by atoms with Crippen LogP contribution in [0.1, 0.15) is 46.2 Å². The molecule has 0 saturated carbocycles. The lowest BCUT2D eigenvalue weighted by atomic mass is 9.98. The normalized spacial score (nSPS) is 22.0. The highest BCUT2D eigenvalue weighted by Gasteiger charge is 2.44. The van der Waals surface area contributed by atoms with Crippen LogP contribution in [0.2, 0.25) is 0 Å². The van der Waals surface area contributed by atoms with Crippen LogP contribution in [0.4, 0.5) is 5.82 Å². The fourth-order valence-electron chi connectivity index (χ4n) is 2.48. The summed E-state index contributed by atoms with van der Waals surface area (Å²) in [5, 5.41) is 38.9. The lowest BCUT2D eigenvalue weighted by Gasteiger charge is -2.21. The van der Waals surface area contributed by atoms with Crippen molar-refractivity contribution in [3.8, 4) is 6.07 Å². The van der Waals surface area contributed by atoms with Crippen molar-refractivity contribution in [2.24, 2.45) is 0 Å². The molecule has 1 aliphatic rings. The zero-order valence-electron chi connectivity index (χ0n) is 15.5. The van der Waals surface area contributed by atoms with Crippen LogP contribution < -0.4 is 5.73 Å². The van der Waals surface area contributed by atoms with Crippen LogP contribution in [0, 0.1) is 11.3 Å². The van der Waals surface area contributed by atoms with Crippen molar-refractivity contribution in [3.05, 3.63) is 24.2 Å². The minimum absolute atomic E-state index is 0.0934. The van der Waals surface area contributed by atoms with Crippen LogP contribution in [0.15, 0.2) is 18.5 Å². The number of hydrogen-bond donors (Lipinski definition) is 4. The third kappa shape index (κ3) is 5.12. The van der Waals surface area contributed by atoms with Gasteiger partial charge in [-0.2, -0.15) is 10.4 Å². The summed E-state index contributed by atoms with van der Waals surface area (Å²) in [5.74, 6) is -1.15. The fraction of sp³-hybridized carbons (Fsp3) is 0.588. The summed E-state index contributed by atoms with van der Waals surface area (Å²) >= 11 is 0. The molecule has 2 aromatic heterocycles. The Bertz CT molecular complexity index is 744. The van der Waals surface area contributed by atoms with Gasteiger partial charge in [-0.1, -0.05) is 13.8 Å². The van der Waals surface area contributed by atoms with Gasteiger partial charge in [0.1, 0.15) is 17.9 Å². The van der Waals surface area contributed by atoms with Gasteiger partial charge in [-0.15, -0.1) is 0 Å². The van der Waals surface area contributed by atoms with Crippen LogP contribution in [0.3, 0.4) is 0 Å². The highest BCUT2D eigenvalue weighted by molar-refractivity contribution is 5.65. The molecule has 1 fully saturated rings. The molecule has 2 unspecified atom stereocenters. The highest BCUT2D eigenvalue weighted by Crippen LogP contribution is 2.39. The van der Waals surface area contributed by atoms with E-state index in [1.165, 1.54) is 20.2 Å².